The van der Waals surface area contributed by atoms with Crippen molar-refractivity contribution in [1.82, 2.24) is 4.90 Å². The van der Waals surface area contributed by atoms with Gasteiger partial charge in [0.25, 0.3) is 0 Å². The molecule has 0 aliphatic carbocycles. The van der Waals surface area contributed by atoms with Gasteiger partial charge in [-0.25, -0.2) is 0 Å². The van der Waals surface area contributed by atoms with Gasteiger partial charge in [0.1, 0.15) is 0 Å². The standard InChI is InChI=1S/C15H22ClN/c1-13(16)11-15-9-5-6-10-17(15)12-14-7-3-2-4-8-14/h2-4,7-8,13,15H,5-6,9-12H2,1H3. The van der Waals surface area contributed by atoms with Crippen molar-refractivity contribution in [2.75, 3.05) is 6.54 Å². The molecular weight excluding hydrogens is 230 g/mol. The Kier molecular flexibility index (Phi) is 4.87. The van der Waals surface area contributed by atoms with Crippen molar-refractivity contribution in [3.63, 3.8) is 0 Å². The minimum atomic E-state index is 0.288. The van der Waals surface area contributed by atoms with E-state index in [1.807, 2.05) is 0 Å². The molecule has 0 aromatic heterocycles. The quantitative estimate of drug-likeness (QED) is 0.730. The molecule has 1 aliphatic heterocycles. The van der Waals surface area contributed by atoms with Crippen molar-refractivity contribution in [2.45, 2.75) is 50.6 Å². The van der Waals surface area contributed by atoms with Crippen molar-refractivity contribution in [1.29, 1.82) is 0 Å². The molecular formula is C15H22ClN. The van der Waals surface area contributed by atoms with Crippen LogP contribution in [0, 0.1) is 0 Å². The lowest BCUT2D eigenvalue weighted by Gasteiger charge is -2.36. The zero-order valence-corrected chi connectivity index (χ0v) is 11.4. The van der Waals surface area contributed by atoms with Crippen LogP contribution in [-0.2, 0) is 6.54 Å². The Morgan fingerprint density at radius 2 is 2.06 bits per heavy atom. The monoisotopic (exact) mass is 251 g/mol. The molecule has 0 saturated carbocycles. The van der Waals surface area contributed by atoms with E-state index >= 15 is 0 Å². The summed E-state index contributed by atoms with van der Waals surface area (Å²) < 4.78 is 0. The predicted octanol–water partition coefficient (Wildman–Crippen LogP) is 4.06. The molecule has 2 heteroatoms. The third-order valence-electron chi connectivity index (χ3n) is 3.57. The minimum absolute atomic E-state index is 0.288. The smallest absolute Gasteiger partial charge is 0.0322 e. The van der Waals surface area contributed by atoms with Gasteiger partial charge in [0, 0.05) is 18.0 Å². The number of rotatable bonds is 4. The molecule has 1 aromatic carbocycles. The van der Waals surface area contributed by atoms with E-state index in [1.54, 1.807) is 0 Å². The Morgan fingerprint density at radius 3 is 2.76 bits per heavy atom. The zero-order chi connectivity index (χ0) is 12.1. The Bertz CT molecular complexity index is 323. The summed E-state index contributed by atoms with van der Waals surface area (Å²) >= 11 is 6.15. The number of piperidine rings is 1. The topological polar surface area (TPSA) is 3.24 Å². The molecule has 1 fully saturated rings. The molecule has 2 atom stereocenters. The second-order valence-corrected chi connectivity index (χ2v) is 5.87. The summed E-state index contributed by atoms with van der Waals surface area (Å²) in [5.74, 6) is 0. The summed E-state index contributed by atoms with van der Waals surface area (Å²) in [6.45, 7) is 4.41. The molecule has 0 bridgehead atoms. The zero-order valence-electron chi connectivity index (χ0n) is 10.6. The fraction of sp³-hybridized carbons (Fsp3) is 0.600. The average molecular weight is 252 g/mol. The van der Waals surface area contributed by atoms with Gasteiger partial charge in [0.05, 0.1) is 0 Å². The van der Waals surface area contributed by atoms with E-state index in [2.05, 4.69) is 42.2 Å². The van der Waals surface area contributed by atoms with Gasteiger partial charge in [-0.1, -0.05) is 36.8 Å². The maximum atomic E-state index is 6.15. The molecule has 17 heavy (non-hydrogen) atoms. The fourth-order valence-corrected chi connectivity index (χ4v) is 2.93. The summed E-state index contributed by atoms with van der Waals surface area (Å²) in [4.78, 5) is 2.61. The predicted molar refractivity (Wildman–Crippen MR) is 74.4 cm³/mol. The molecule has 1 nitrogen and oxygen atoms in total. The van der Waals surface area contributed by atoms with Crippen LogP contribution >= 0.6 is 11.6 Å². The number of alkyl halides is 1. The van der Waals surface area contributed by atoms with Crippen molar-refractivity contribution >= 4 is 11.6 Å². The highest BCUT2D eigenvalue weighted by atomic mass is 35.5. The van der Waals surface area contributed by atoms with E-state index in [-0.39, 0.29) is 5.38 Å². The van der Waals surface area contributed by atoms with E-state index in [0.717, 1.165) is 13.0 Å². The summed E-state index contributed by atoms with van der Waals surface area (Å²) in [6.07, 6.45) is 5.12. The van der Waals surface area contributed by atoms with Crippen molar-refractivity contribution < 1.29 is 0 Å². The average Bonchev–Trinajstić information content (AvgIpc) is 2.32. The summed E-state index contributed by atoms with van der Waals surface area (Å²) in [7, 11) is 0. The number of nitrogens with zero attached hydrogens (tertiary/aromatic N) is 1. The molecule has 1 saturated heterocycles. The first-order valence-electron chi connectivity index (χ1n) is 6.68. The van der Waals surface area contributed by atoms with Gasteiger partial charge in [-0.05, 0) is 38.3 Å². The van der Waals surface area contributed by atoms with Crippen LogP contribution in [0.4, 0.5) is 0 Å². The molecule has 0 spiro atoms. The number of likely N-dealkylation sites (tertiary alicyclic amines) is 1. The van der Waals surface area contributed by atoms with Crippen LogP contribution in [0.2, 0.25) is 0 Å². The summed E-state index contributed by atoms with van der Waals surface area (Å²) in [6, 6.07) is 11.4. The van der Waals surface area contributed by atoms with Gasteiger partial charge < -0.3 is 0 Å². The largest absolute Gasteiger partial charge is 0.296 e. The highest BCUT2D eigenvalue weighted by Crippen LogP contribution is 2.24. The highest BCUT2D eigenvalue weighted by molar-refractivity contribution is 6.20. The van der Waals surface area contributed by atoms with E-state index < -0.39 is 0 Å². The van der Waals surface area contributed by atoms with Crippen LogP contribution < -0.4 is 0 Å². The first-order chi connectivity index (χ1) is 8.25. The fourth-order valence-electron chi connectivity index (χ4n) is 2.73. The van der Waals surface area contributed by atoms with Crippen LogP contribution in [-0.4, -0.2) is 22.9 Å². The molecule has 94 valence electrons. The molecule has 2 rings (SSSR count). The van der Waals surface area contributed by atoms with E-state index in [9.17, 15) is 0 Å². The maximum Gasteiger partial charge on any atom is 0.0322 e. The first kappa shape index (κ1) is 12.9. The molecule has 0 N–H and O–H groups in total. The molecule has 0 amide bonds. The van der Waals surface area contributed by atoms with Crippen LogP contribution in [0.25, 0.3) is 0 Å². The van der Waals surface area contributed by atoms with Gasteiger partial charge in [-0.15, -0.1) is 11.6 Å². The van der Waals surface area contributed by atoms with E-state index in [0.29, 0.717) is 6.04 Å². The lowest BCUT2D eigenvalue weighted by atomic mass is 9.97. The van der Waals surface area contributed by atoms with Crippen molar-refractivity contribution in [3.8, 4) is 0 Å². The van der Waals surface area contributed by atoms with E-state index in [1.165, 1.54) is 31.4 Å². The van der Waals surface area contributed by atoms with Crippen LogP contribution in [0.5, 0.6) is 0 Å². The minimum Gasteiger partial charge on any atom is -0.296 e. The van der Waals surface area contributed by atoms with Gasteiger partial charge in [0.2, 0.25) is 0 Å². The molecule has 2 unspecified atom stereocenters. The number of benzene rings is 1. The lowest BCUT2D eigenvalue weighted by Crippen LogP contribution is -2.40. The maximum absolute atomic E-state index is 6.15. The van der Waals surface area contributed by atoms with Gasteiger partial charge >= 0.3 is 0 Å². The Morgan fingerprint density at radius 1 is 1.29 bits per heavy atom. The molecule has 1 aromatic rings. The second kappa shape index (κ2) is 6.42. The Balaban J connectivity index is 1.96. The normalized spacial score (nSPS) is 23.5. The number of hydrogen-bond donors (Lipinski definition) is 0. The molecule has 1 aliphatic rings. The van der Waals surface area contributed by atoms with Crippen LogP contribution in [0.15, 0.2) is 30.3 Å². The lowest BCUT2D eigenvalue weighted by molar-refractivity contribution is 0.132. The Labute approximate surface area is 110 Å². The first-order valence-corrected chi connectivity index (χ1v) is 7.11. The SMILES string of the molecule is CC(Cl)CC1CCCCN1Cc1ccccc1. The third kappa shape index (κ3) is 4.01. The van der Waals surface area contributed by atoms with Crippen LogP contribution in [0.3, 0.4) is 0 Å². The summed E-state index contributed by atoms with van der Waals surface area (Å²) in [5, 5.41) is 0.288. The van der Waals surface area contributed by atoms with Gasteiger partial charge in [-0.2, -0.15) is 0 Å². The van der Waals surface area contributed by atoms with Crippen molar-refractivity contribution in [2.24, 2.45) is 0 Å². The Hall–Kier alpha value is -0.530. The van der Waals surface area contributed by atoms with E-state index in [4.69, 9.17) is 11.6 Å². The van der Waals surface area contributed by atoms with Crippen molar-refractivity contribution in [3.05, 3.63) is 35.9 Å². The highest BCUT2D eigenvalue weighted by Gasteiger charge is 2.23. The number of halogens is 1. The second-order valence-electron chi connectivity index (χ2n) is 5.12. The summed E-state index contributed by atoms with van der Waals surface area (Å²) in [5.41, 5.74) is 1.42. The van der Waals surface area contributed by atoms with Gasteiger partial charge in [-0.3, -0.25) is 4.90 Å². The number of hydrogen-bond acceptors (Lipinski definition) is 1. The van der Waals surface area contributed by atoms with Crippen LogP contribution in [0.1, 0.15) is 38.2 Å². The van der Waals surface area contributed by atoms with Gasteiger partial charge in [0.15, 0.2) is 0 Å². The third-order valence-corrected chi connectivity index (χ3v) is 3.75. The molecule has 0 radical (unpaired) electrons. The molecule has 1 heterocycles.